The van der Waals surface area contributed by atoms with Crippen LogP contribution in [-0.4, -0.2) is 32.8 Å². The van der Waals surface area contributed by atoms with Gasteiger partial charge in [-0.2, -0.15) is 5.10 Å². The third-order valence-electron chi connectivity index (χ3n) is 4.23. The summed E-state index contributed by atoms with van der Waals surface area (Å²) < 4.78 is 3.04. The second-order valence-corrected chi connectivity index (χ2v) is 6.47. The zero-order chi connectivity index (χ0) is 14.9. The summed E-state index contributed by atoms with van der Waals surface area (Å²) in [6.45, 7) is 2.03. The smallest absolute Gasteiger partial charge is 0.112 e. The molecule has 0 unspecified atom stereocenters. The van der Waals surface area contributed by atoms with Gasteiger partial charge in [-0.15, -0.1) is 0 Å². The van der Waals surface area contributed by atoms with Gasteiger partial charge in [-0.3, -0.25) is 14.6 Å². The Balaban J connectivity index is 1.59. The molecule has 112 valence electrons. The predicted octanol–water partition coefficient (Wildman–Crippen LogP) is 3.43. The van der Waals surface area contributed by atoms with Crippen LogP contribution in [0.25, 0.3) is 11.0 Å². The molecule has 0 radical (unpaired) electrons. The maximum absolute atomic E-state index is 4.56. The minimum atomic E-state index is 0.501. The topological polar surface area (TPSA) is 46.8 Å². The quantitative estimate of drug-likeness (QED) is 0.704. The van der Waals surface area contributed by atoms with Crippen LogP contribution < -0.4 is 4.90 Å². The van der Waals surface area contributed by atoms with Gasteiger partial charge in [0.1, 0.15) is 5.52 Å². The summed E-state index contributed by atoms with van der Waals surface area (Å²) in [4.78, 5) is 11.4. The highest BCUT2D eigenvalue weighted by Gasteiger charge is 2.22. The van der Waals surface area contributed by atoms with Crippen molar-refractivity contribution in [3.63, 3.8) is 0 Å². The summed E-state index contributed by atoms with van der Waals surface area (Å²) in [5, 5.41) is 4.37. The molecule has 0 aromatic carbocycles. The Labute approximate surface area is 137 Å². The van der Waals surface area contributed by atoms with Crippen LogP contribution >= 0.6 is 15.9 Å². The van der Waals surface area contributed by atoms with Crippen LogP contribution in [0.4, 0.5) is 5.69 Å². The van der Waals surface area contributed by atoms with E-state index in [1.54, 1.807) is 0 Å². The molecular formula is C16H16BrN5. The molecule has 0 atom stereocenters. The summed E-state index contributed by atoms with van der Waals surface area (Å²) in [6.07, 6.45) is 9.81. The van der Waals surface area contributed by atoms with Crippen LogP contribution in [0.2, 0.25) is 0 Å². The van der Waals surface area contributed by atoms with Crippen molar-refractivity contribution in [3.8, 4) is 0 Å². The van der Waals surface area contributed by atoms with Crippen LogP contribution in [0.5, 0.6) is 0 Å². The van der Waals surface area contributed by atoms with Crippen molar-refractivity contribution < 1.29 is 0 Å². The van der Waals surface area contributed by atoms with Gasteiger partial charge in [0.25, 0.3) is 0 Å². The first-order chi connectivity index (χ1) is 10.8. The van der Waals surface area contributed by atoms with Crippen LogP contribution in [0, 0.1) is 0 Å². The molecule has 6 heteroatoms. The minimum Gasteiger partial charge on any atom is -0.370 e. The van der Waals surface area contributed by atoms with Crippen molar-refractivity contribution in [1.82, 2.24) is 19.7 Å². The lowest BCUT2D eigenvalue weighted by molar-refractivity contribution is 0.367. The molecular weight excluding hydrogens is 342 g/mol. The average molecular weight is 358 g/mol. The number of rotatable bonds is 2. The third kappa shape index (κ3) is 2.47. The number of hydrogen-bond acceptors (Lipinski definition) is 4. The standard InChI is InChI=1S/C16H16BrN5/c17-12-10-14-16(19-11-12)15(2-6-18-14)21-8-3-13(4-9-21)22-7-1-5-20-22/h1-2,5-7,10-11,13H,3-4,8-9H2. The van der Waals surface area contributed by atoms with E-state index >= 15 is 0 Å². The molecule has 0 spiro atoms. The first kappa shape index (κ1) is 13.7. The van der Waals surface area contributed by atoms with Gasteiger partial charge in [-0.1, -0.05) is 0 Å². The lowest BCUT2D eigenvalue weighted by Gasteiger charge is -2.33. The van der Waals surface area contributed by atoms with E-state index in [4.69, 9.17) is 0 Å². The molecule has 0 amide bonds. The van der Waals surface area contributed by atoms with Crippen molar-refractivity contribution in [1.29, 1.82) is 0 Å². The summed E-state index contributed by atoms with van der Waals surface area (Å²) in [5.41, 5.74) is 3.08. The van der Waals surface area contributed by atoms with E-state index in [2.05, 4.69) is 52.8 Å². The van der Waals surface area contributed by atoms with E-state index in [9.17, 15) is 0 Å². The second-order valence-electron chi connectivity index (χ2n) is 5.56. The fourth-order valence-electron chi connectivity index (χ4n) is 3.11. The molecule has 4 rings (SSSR count). The van der Waals surface area contributed by atoms with Crippen LogP contribution in [0.1, 0.15) is 18.9 Å². The van der Waals surface area contributed by atoms with Crippen molar-refractivity contribution in [3.05, 3.63) is 47.5 Å². The van der Waals surface area contributed by atoms with E-state index in [1.165, 1.54) is 5.69 Å². The zero-order valence-electron chi connectivity index (χ0n) is 12.1. The summed E-state index contributed by atoms with van der Waals surface area (Å²) >= 11 is 3.46. The van der Waals surface area contributed by atoms with Gasteiger partial charge in [0.2, 0.25) is 0 Å². The summed E-state index contributed by atoms with van der Waals surface area (Å²) in [7, 11) is 0. The van der Waals surface area contributed by atoms with Crippen molar-refractivity contribution in [2.75, 3.05) is 18.0 Å². The van der Waals surface area contributed by atoms with Crippen molar-refractivity contribution in [2.45, 2.75) is 18.9 Å². The lowest BCUT2D eigenvalue weighted by atomic mass is 10.0. The van der Waals surface area contributed by atoms with E-state index < -0.39 is 0 Å². The number of anilines is 1. The highest BCUT2D eigenvalue weighted by Crippen LogP contribution is 2.30. The molecule has 1 aliphatic rings. The van der Waals surface area contributed by atoms with Gasteiger partial charge in [-0.05, 0) is 47.0 Å². The third-order valence-corrected chi connectivity index (χ3v) is 4.66. The van der Waals surface area contributed by atoms with E-state index in [0.717, 1.165) is 41.4 Å². The molecule has 4 heterocycles. The molecule has 0 N–H and O–H groups in total. The molecule has 1 fully saturated rings. The second kappa shape index (κ2) is 5.68. The Kier molecular flexibility index (Phi) is 3.54. The number of halogens is 1. The maximum Gasteiger partial charge on any atom is 0.112 e. The minimum absolute atomic E-state index is 0.501. The number of fused-ring (bicyclic) bond motifs is 1. The summed E-state index contributed by atoms with van der Waals surface area (Å²) in [6, 6.07) is 6.58. The number of aromatic nitrogens is 4. The Morgan fingerprint density at radius 2 is 2.00 bits per heavy atom. The molecule has 3 aromatic heterocycles. The highest BCUT2D eigenvalue weighted by molar-refractivity contribution is 9.10. The van der Waals surface area contributed by atoms with E-state index in [1.807, 2.05) is 30.7 Å². The number of hydrogen-bond donors (Lipinski definition) is 0. The van der Waals surface area contributed by atoms with E-state index in [0.29, 0.717) is 6.04 Å². The molecule has 0 bridgehead atoms. The van der Waals surface area contributed by atoms with Crippen molar-refractivity contribution in [2.24, 2.45) is 0 Å². The van der Waals surface area contributed by atoms with E-state index in [-0.39, 0.29) is 0 Å². The van der Waals surface area contributed by atoms with Gasteiger partial charge in [0.15, 0.2) is 0 Å². The molecule has 1 aliphatic heterocycles. The van der Waals surface area contributed by atoms with Gasteiger partial charge in [0.05, 0.1) is 17.2 Å². The number of nitrogens with zero attached hydrogens (tertiary/aromatic N) is 5. The number of piperidine rings is 1. The molecule has 3 aromatic rings. The maximum atomic E-state index is 4.56. The SMILES string of the molecule is Brc1cnc2c(N3CCC(n4cccn4)CC3)ccnc2c1. The van der Waals surface area contributed by atoms with Crippen LogP contribution in [0.15, 0.2) is 47.5 Å². The first-order valence-corrected chi connectivity index (χ1v) is 8.25. The number of pyridine rings is 2. The van der Waals surface area contributed by atoms with Gasteiger partial charge < -0.3 is 4.90 Å². The molecule has 0 saturated carbocycles. The van der Waals surface area contributed by atoms with Crippen LogP contribution in [0.3, 0.4) is 0 Å². The predicted molar refractivity (Wildman–Crippen MR) is 89.9 cm³/mol. The van der Waals surface area contributed by atoms with Crippen molar-refractivity contribution >= 4 is 32.7 Å². The fraction of sp³-hybridized carbons (Fsp3) is 0.312. The highest BCUT2D eigenvalue weighted by atomic mass is 79.9. The molecule has 5 nitrogen and oxygen atoms in total. The molecule has 22 heavy (non-hydrogen) atoms. The molecule has 0 aliphatic carbocycles. The van der Waals surface area contributed by atoms with Gasteiger partial charge >= 0.3 is 0 Å². The normalized spacial score (nSPS) is 16.3. The average Bonchev–Trinajstić information content (AvgIpc) is 3.09. The summed E-state index contributed by atoms with van der Waals surface area (Å²) in [5.74, 6) is 0. The monoisotopic (exact) mass is 357 g/mol. The van der Waals surface area contributed by atoms with Gasteiger partial charge in [-0.25, -0.2) is 0 Å². The molecule has 1 saturated heterocycles. The Morgan fingerprint density at radius 1 is 1.14 bits per heavy atom. The largest absolute Gasteiger partial charge is 0.370 e. The zero-order valence-corrected chi connectivity index (χ0v) is 13.6. The van der Waals surface area contributed by atoms with Crippen LogP contribution in [-0.2, 0) is 0 Å². The Morgan fingerprint density at radius 3 is 2.77 bits per heavy atom. The van der Waals surface area contributed by atoms with Gasteiger partial charge in [0, 0.05) is 42.3 Å². The fourth-order valence-corrected chi connectivity index (χ4v) is 3.43. The lowest BCUT2D eigenvalue weighted by Crippen LogP contribution is -2.35. The Hall–Kier alpha value is -1.95. The Bertz CT molecular complexity index is 778. The first-order valence-electron chi connectivity index (χ1n) is 7.45.